The molecule has 2 heterocycles. The minimum Gasteiger partial charge on any atom is -0.462 e. The number of carbonyl (C=O) groups is 2. The molecule has 2 N–H and O–H groups in total. The van der Waals surface area contributed by atoms with Gasteiger partial charge in [-0.1, -0.05) is 34.8 Å². The molecule has 0 atom stereocenters. The van der Waals surface area contributed by atoms with E-state index in [9.17, 15) is 9.59 Å². The molecular formula is C18H14Cl3N3O4S. The Kier molecular flexibility index (Phi) is 6.48. The molecule has 0 saturated carbocycles. The van der Waals surface area contributed by atoms with Crippen molar-refractivity contribution in [1.29, 1.82) is 0 Å². The summed E-state index contributed by atoms with van der Waals surface area (Å²) >= 11 is 19.1. The van der Waals surface area contributed by atoms with Crippen molar-refractivity contribution in [1.82, 2.24) is 9.97 Å². The van der Waals surface area contributed by atoms with E-state index in [0.29, 0.717) is 20.7 Å². The van der Waals surface area contributed by atoms with Gasteiger partial charge in [-0.2, -0.15) is 0 Å². The first kappa shape index (κ1) is 21.6. The highest BCUT2D eigenvalue weighted by molar-refractivity contribution is 7.20. The van der Waals surface area contributed by atoms with Gasteiger partial charge in [-0.15, -0.1) is 11.3 Å². The third kappa shape index (κ3) is 4.25. The molecule has 7 nitrogen and oxygen atoms in total. The van der Waals surface area contributed by atoms with Gasteiger partial charge in [-0.25, -0.2) is 19.6 Å². The lowest BCUT2D eigenvalue weighted by molar-refractivity contribution is 0.0462. The van der Waals surface area contributed by atoms with Crippen LogP contribution in [0.2, 0.25) is 15.1 Å². The Morgan fingerprint density at radius 2 is 1.79 bits per heavy atom. The molecule has 0 fully saturated rings. The van der Waals surface area contributed by atoms with E-state index in [-0.39, 0.29) is 45.5 Å². The Balaban J connectivity index is 1.87. The Morgan fingerprint density at radius 3 is 2.48 bits per heavy atom. The number of rotatable bonds is 5. The van der Waals surface area contributed by atoms with Gasteiger partial charge in [0.05, 0.1) is 32.6 Å². The molecular weight excluding hydrogens is 461 g/mol. The van der Waals surface area contributed by atoms with Crippen LogP contribution >= 0.6 is 46.1 Å². The molecule has 0 spiro atoms. The van der Waals surface area contributed by atoms with Gasteiger partial charge in [0.15, 0.2) is 12.4 Å². The molecule has 1 aromatic carbocycles. The van der Waals surface area contributed by atoms with Crippen molar-refractivity contribution in [3.8, 4) is 0 Å². The van der Waals surface area contributed by atoms with Crippen molar-refractivity contribution in [3.05, 3.63) is 49.0 Å². The number of hydrogen-bond acceptors (Lipinski definition) is 8. The van der Waals surface area contributed by atoms with E-state index in [4.69, 9.17) is 50.0 Å². The van der Waals surface area contributed by atoms with Gasteiger partial charge in [0.25, 0.3) is 0 Å². The zero-order valence-electron chi connectivity index (χ0n) is 15.2. The highest BCUT2D eigenvalue weighted by atomic mass is 35.5. The van der Waals surface area contributed by atoms with Crippen LogP contribution in [0.1, 0.15) is 38.3 Å². The summed E-state index contributed by atoms with van der Waals surface area (Å²) in [5.74, 6) is -0.900. The number of esters is 2. The van der Waals surface area contributed by atoms with Crippen molar-refractivity contribution in [2.45, 2.75) is 20.5 Å². The van der Waals surface area contributed by atoms with Gasteiger partial charge in [0.1, 0.15) is 15.5 Å². The Hall–Kier alpha value is -2.13. The monoisotopic (exact) mass is 473 g/mol. The van der Waals surface area contributed by atoms with Gasteiger partial charge in [-0.05, 0) is 31.5 Å². The van der Waals surface area contributed by atoms with E-state index in [1.807, 2.05) is 0 Å². The van der Waals surface area contributed by atoms with Crippen molar-refractivity contribution >= 4 is 74.1 Å². The number of carbonyl (C=O) groups excluding carboxylic acids is 2. The fourth-order valence-electron chi connectivity index (χ4n) is 2.59. The zero-order valence-corrected chi connectivity index (χ0v) is 18.3. The summed E-state index contributed by atoms with van der Waals surface area (Å²) in [7, 11) is 0. The normalized spacial score (nSPS) is 10.9. The molecule has 0 aliphatic rings. The molecule has 3 rings (SSSR count). The predicted molar refractivity (Wildman–Crippen MR) is 113 cm³/mol. The average Bonchev–Trinajstić information content (AvgIpc) is 3.00. The second-order valence-corrected chi connectivity index (χ2v) is 7.97. The minimum atomic E-state index is -0.778. The quantitative estimate of drug-likeness (QED) is 0.406. The number of benzene rings is 1. The summed E-state index contributed by atoms with van der Waals surface area (Å²) < 4.78 is 10.3. The highest BCUT2D eigenvalue weighted by Gasteiger charge is 2.22. The zero-order chi connectivity index (χ0) is 21.3. The molecule has 11 heteroatoms. The highest BCUT2D eigenvalue weighted by Crippen LogP contribution is 2.34. The second-order valence-electron chi connectivity index (χ2n) is 5.78. The standard InChI is InChI=1S/C18H14Cl3N3O4S/c1-3-27-18(26)14-7(2)11-15(22)23-10(24-16(11)29-14)6-28-17(25)12-8(19)4-5-9(20)13(12)21/h4-5H,3,6H2,1-2H3,(H2,22,23,24). The molecule has 0 unspecified atom stereocenters. The maximum Gasteiger partial charge on any atom is 0.348 e. The van der Waals surface area contributed by atoms with Crippen molar-refractivity contribution in [2.24, 2.45) is 0 Å². The molecule has 152 valence electrons. The summed E-state index contributed by atoms with van der Waals surface area (Å²) in [6.45, 7) is 3.45. The fourth-order valence-corrected chi connectivity index (χ4v) is 4.37. The van der Waals surface area contributed by atoms with Crippen LogP contribution in [0.3, 0.4) is 0 Å². The molecule has 0 amide bonds. The topological polar surface area (TPSA) is 104 Å². The lowest BCUT2D eigenvalue weighted by Gasteiger charge is -2.09. The number of halogens is 3. The Morgan fingerprint density at radius 1 is 1.10 bits per heavy atom. The number of thiophene rings is 1. The first-order chi connectivity index (χ1) is 13.7. The van der Waals surface area contributed by atoms with Crippen LogP contribution in [0, 0.1) is 6.92 Å². The average molecular weight is 475 g/mol. The summed E-state index contributed by atoms with van der Waals surface area (Å²) in [6.07, 6.45) is 0. The smallest absolute Gasteiger partial charge is 0.348 e. The predicted octanol–water partition coefficient (Wildman–Crippen LogP) is 5.08. The van der Waals surface area contributed by atoms with Gasteiger partial charge >= 0.3 is 11.9 Å². The van der Waals surface area contributed by atoms with Crippen molar-refractivity contribution < 1.29 is 19.1 Å². The van der Waals surface area contributed by atoms with Gasteiger partial charge in [0, 0.05) is 0 Å². The number of aromatic nitrogens is 2. The van der Waals surface area contributed by atoms with Gasteiger partial charge in [-0.3, -0.25) is 0 Å². The van der Waals surface area contributed by atoms with Crippen LogP contribution in [0.25, 0.3) is 10.2 Å². The maximum absolute atomic E-state index is 12.4. The van der Waals surface area contributed by atoms with Crippen LogP contribution in [0.15, 0.2) is 12.1 Å². The number of nitrogens with zero attached hydrogens (tertiary/aromatic N) is 2. The minimum absolute atomic E-state index is 0.00647. The van der Waals surface area contributed by atoms with Crippen LogP contribution < -0.4 is 5.73 Å². The number of ether oxygens (including phenoxy) is 2. The molecule has 0 aliphatic carbocycles. The second kappa shape index (κ2) is 8.71. The van der Waals surface area contributed by atoms with E-state index in [2.05, 4.69) is 9.97 Å². The van der Waals surface area contributed by atoms with Crippen molar-refractivity contribution in [2.75, 3.05) is 12.3 Å². The third-order valence-corrected chi connectivity index (χ3v) is 6.19. The summed E-state index contributed by atoms with van der Waals surface area (Å²) in [5, 5.41) is 0.834. The van der Waals surface area contributed by atoms with Crippen molar-refractivity contribution in [3.63, 3.8) is 0 Å². The Bertz CT molecular complexity index is 1130. The van der Waals surface area contributed by atoms with E-state index >= 15 is 0 Å². The summed E-state index contributed by atoms with van der Waals surface area (Å²) in [5.41, 5.74) is 6.63. The van der Waals surface area contributed by atoms with E-state index < -0.39 is 11.9 Å². The van der Waals surface area contributed by atoms with Crippen LogP contribution in [-0.2, 0) is 16.1 Å². The lowest BCUT2D eigenvalue weighted by atomic mass is 10.2. The van der Waals surface area contributed by atoms with E-state index in [0.717, 1.165) is 11.3 Å². The molecule has 0 bridgehead atoms. The molecule has 2 aromatic heterocycles. The first-order valence-corrected chi connectivity index (χ1v) is 10.2. The number of hydrogen-bond donors (Lipinski definition) is 1. The third-order valence-electron chi connectivity index (χ3n) is 3.91. The number of nitrogen functional groups attached to an aromatic ring is 1. The number of anilines is 1. The summed E-state index contributed by atoms with van der Waals surface area (Å²) in [6, 6.07) is 2.92. The van der Waals surface area contributed by atoms with Crippen LogP contribution in [0.4, 0.5) is 5.82 Å². The number of fused-ring (bicyclic) bond motifs is 1. The lowest BCUT2D eigenvalue weighted by Crippen LogP contribution is -2.10. The van der Waals surface area contributed by atoms with Gasteiger partial charge in [0.2, 0.25) is 0 Å². The van der Waals surface area contributed by atoms with E-state index in [1.165, 1.54) is 12.1 Å². The summed E-state index contributed by atoms with van der Waals surface area (Å²) in [4.78, 5) is 33.9. The van der Waals surface area contributed by atoms with Gasteiger partial charge < -0.3 is 15.2 Å². The molecule has 0 saturated heterocycles. The number of nitrogens with two attached hydrogens (primary N) is 1. The largest absolute Gasteiger partial charge is 0.462 e. The molecule has 29 heavy (non-hydrogen) atoms. The Labute approximate surface area is 184 Å². The number of aryl methyl sites for hydroxylation is 1. The molecule has 0 aliphatic heterocycles. The SMILES string of the molecule is CCOC(=O)c1sc2nc(COC(=O)c3c(Cl)ccc(Cl)c3Cl)nc(N)c2c1C. The van der Waals surface area contributed by atoms with Crippen LogP contribution in [0.5, 0.6) is 0 Å². The van der Waals surface area contributed by atoms with Crippen LogP contribution in [-0.4, -0.2) is 28.5 Å². The molecule has 0 radical (unpaired) electrons. The fraction of sp³-hybridized carbons (Fsp3) is 0.222. The maximum atomic E-state index is 12.4. The van der Waals surface area contributed by atoms with E-state index in [1.54, 1.807) is 13.8 Å². The first-order valence-electron chi connectivity index (χ1n) is 8.27. The molecule has 3 aromatic rings.